The van der Waals surface area contributed by atoms with E-state index in [1.54, 1.807) is 0 Å². The number of hydrogen-bond donors (Lipinski definition) is 3. The Morgan fingerprint density at radius 3 is 2.03 bits per heavy atom. The summed E-state index contributed by atoms with van der Waals surface area (Å²) in [7, 11) is 0. The topological polar surface area (TPSA) is 216 Å². The molecule has 12 bridgehead atoms. The Hall–Kier alpha value is -1.73. The molecule has 0 saturated carbocycles. The lowest BCUT2D eigenvalue weighted by Crippen LogP contribution is -2.62. The Balaban J connectivity index is 0.655. The van der Waals surface area contributed by atoms with Gasteiger partial charge in [0, 0.05) is 70.1 Å². The highest BCUT2D eigenvalue weighted by atomic mass is 16.8. The van der Waals surface area contributed by atoms with Gasteiger partial charge in [0.1, 0.15) is 36.6 Å². The van der Waals surface area contributed by atoms with Gasteiger partial charge < -0.3 is 86.4 Å². The third kappa shape index (κ3) is 9.43. The van der Waals surface area contributed by atoms with Crippen LogP contribution in [0.2, 0.25) is 0 Å². The first kappa shape index (κ1) is 54.0. The largest absolute Gasteiger partial charge is 0.459 e. The number of esters is 1. The summed E-state index contributed by atoms with van der Waals surface area (Å²) in [6.07, 6.45) is 2.17. The highest BCUT2D eigenvalue weighted by molar-refractivity contribution is 5.70. The lowest BCUT2D eigenvalue weighted by atomic mass is 9.79. The van der Waals surface area contributed by atoms with Gasteiger partial charge in [0.05, 0.1) is 129 Å². The van der Waals surface area contributed by atoms with Crippen molar-refractivity contribution in [3.8, 4) is 0 Å². The molecule has 16 aliphatic rings. The van der Waals surface area contributed by atoms with Gasteiger partial charge in [0.15, 0.2) is 17.4 Å². The van der Waals surface area contributed by atoms with E-state index in [2.05, 4.69) is 40.9 Å². The second-order valence-electron chi connectivity index (χ2n) is 27.5. The van der Waals surface area contributed by atoms with Crippen molar-refractivity contribution in [2.45, 2.75) is 313 Å². The Morgan fingerprint density at radius 2 is 1.18 bits per heavy atom. The lowest BCUT2D eigenvalue weighted by molar-refractivity contribution is -0.347. The summed E-state index contributed by atoms with van der Waals surface area (Å²) in [6, 6.07) is 0. The highest BCUT2D eigenvalue weighted by Gasteiger charge is 2.70. The van der Waals surface area contributed by atoms with Crippen LogP contribution in [0.1, 0.15) is 143 Å². The number of rotatable bonds is 4. The molecule has 19 heteroatoms. The van der Waals surface area contributed by atoms with E-state index >= 15 is 0 Å². The van der Waals surface area contributed by atoms with E-state index < -0.39 is 72.8 Å². The molecule has 0 amide bonds. The summed E-state index contributed by atoms with van der Waals surface area (Å²) in [5.74, 6) is -2.77. The number of aliphatic hydroxyl groups is 3. The first-order valence-electron chi connectivity index (χ1n) is 30.8. The van der Waals surface area contributed by atoms with Crippen molar-refractivity contribution in [1.29, 1.82) is 0 Å². The van der Waals surface area contributed by atoms with Crippen molar-refractivity contribution < 1.29 is 91.2 Å². The molecule has 0 aromatic heterocycles. The van der Waals surface area contributed by atoms with Crippen LogP contribution in [0, 0.1) is 23.7 Å². The molecule has 32 atom stereocenters. The molecule has 79 heavy (non-hydrogen) atoms. The predicted molar refractivity (Wildman–Crippen MR) is 274 cm³/mol. The lowest BCUT2D eigenvalue weighted by Gasteiger charge is -2.50. The van der Waals surface area contributed by atoms with Gasteiger partial charge in [-0.05, 0) is 73.8 Å². The molecular weight excluding hydrogens is 1020 g/mol. The summed E-state index contributed by atoms with van der Waals surface area (Å²) in [6.45, 7) is 17.4. The van der Waals surface area contributed by atoms with Crippen molar-refractivity contribution >= 4 is 5.97 Å². The summed E-state index contributed by atoms with van der Waals surface area (Å²) in [4.78, 5) is 14.6. The minimum Gasteiger partial charge on any atom is -0.459 e. The van der Waals surface area contributed by atoms with Gasteiger partial charge in [-0.25, -0.2) is 0 Å². The molecule has 440 valence electrons. The standard InChI is InChI=1S/C60H86O19/c1-26-13-33-7-9-37-27(2)14-35(65-37)11-12-58-23-46-54(78-58)55-56(72-46)57(79-58)53-38(69-55)10-8-34(67-53)16-48(64)73-52-31(6)51-43(68-42(52)17-39(66-33)30(26)5)19-41-45(71-51)22-60(74-41)24-47-50(77-60)29(4)21-59(76-47)20-28(3)49-44(75-59)18-40(70-49)36(63)15-32(62)25-61/h26,28-29,31-47,49-57,61-63H,2,5,7-25H2,1,3-4,6H3/t26-,28+,29+,31+,32-,33+,34-,35+,36+,37?,38+,39?,40+,41-,42+,43+,44+,45-,46+,47+,49+,50+,51+,52-,53+,54+,55+,56-,57+,58+,59-,60+/m1/s1. The normalized spacial score (nSPS) is 57.2. The Kier molecular flexibility index (Phi) is 13.8. The molecule has 19 nitrogen and oxygen atoms in total. The zero-order valence-corrected chi connectivity index (χ0v) is 46.5. The molecule has 16 saturated heterocycles. The molecule has 0 aliphatic carbocycles. The van der Waals surface area contributed by atoms with Gasteiger partial charge in [-0.1, -0.05) is 40.9 Å². The van der Waals surface area contributed by atoms with E-state index in [4.69, 9.17) is 71.1 Å². The van der Waals surface area contributed by atoms with Gasteiger partial charge in [-0.3, -0.25) is 4.79 Å². The van der Waals surface area contributed by atoms with Crippen molar-refractivity contribution in [3.63, 3.8) is 0 Å². The molecule has 16 heterocycles. The third-order valence-electron chi connectivity index (χ3n) is 21.9. The van der Waals surface area contributed by atoms with Crippen molar-refractivity contribution in [3.05, 3.63) is 24.3 Å². The SMILES string of the molecule is C=C1C[C@@H]2CC[C@@]34C[C@@H]5O[C@@H]6[C@@H](O[C@H]7CC[C@H](CC(=O)O[C@@H]8[C@@H](C)[C@@H]9O[C@@H]%10C[C@]%11(C[C@@H]%12O[C@]%13(C[C@H](C)[C@@H]%14O[C@H]([C@@H](O)C[C@@H](O)CO)C[C@@H]%14O%13)C[C@H](C)[C@@H]%12O%11)O[C@@H]%10C[C@@H]9O[C@H]8CC8O[C@@H](CCC1O2)C[C@@H](C)C8=C)O[C@@H]7[C@@H]6O3)[C@H]5O4. The van der Waals surface area contributed by atoms with E-state index in [9.17, 15) is 20.1 Å². The van der Waals surface area contributed by atoms with Gasteiger partial charge in [-0.15, -0.1) is 0 Å². The summed E-state index contributed by atoms with van der Waals surface area (Å²) >= 11 is 0. The smallest absolute Gasteiger partial charge is 0.308 e. The Morgan fingerprint density at radius 1 is 0.506 bits per heavy atom. The van der Waals surface area contributed by atoms with E-state index in [0.29, 0.717) is 64.2 Å². The molecule has 3 N–H and O–H groups in total. The summed E-state index contributed by atoms with van der Waals surface area (Å²) in [5.41, 5.74) is 2.15. The Labute approximate surface area is 463 Å². The van der Waals surface area contributed by atoms with E-state index in [0.717, 1.165) is 49.7 Å². The second kappa shape index (κ2) is 20.2. The number of aliphatic hydroxyl groups excluding tert-OH is 3. The average molecular weight is 1110 g/mol. The fourth-order valence-corrected chi connectivity index (χ4v) is 18.2. The van der Waals surface area contributed by atoms with Crippen LogP contribution in [0.15, 0.2) is 24.3 Å². The van der Waals surface area contributed by atoms with Crippen LogP contribution in [0.3, 0.4) is 0 Å². The van der Waals surface area contributed by atoms with Crippen LogP contribution in [0.25, 0.3) is 0 Å². The summed E-state index contributed by atoms with van der Waals surface area (Å²) in [5, 5.41) is 30.3. The molecule has 0 aromatic rings. The third-order valence-corrected chi connectivity index (χ3v) is 21.9. The maximum atomic E-state index is 14.6. The van der Waals surface area contributed by atoms with Crippen LogP contribution in [-0.2, 0) is 75.8 Å². The molecule has 16 fully saturated rings. The van der Waals surface area contributed by atoms with Gasteiger partial charge >= 0.3 is 5.97 Å². The summed E-state index contributed by atoms with van der Waals surface area (Å²) < 4.78 is 104. The fraction of sp³-hybridized carbons (Fsp3) is 0.917. The molecular formula is C60H86O19. The van der Waals surface area contributed by atoms with Crippen LogP contribution in [0.5, 0.6) is 0 Å². The van der Waals surface area contributed by atoms with Gasteiger partial charge in [0.25, 0.3) is 0 Å². The van der Waals surface area contributed by atoms with Gasteiger partial charge in [-0.2, -0.15) is 0 Å². The van der Waals surface area contributed by atoms with Crippen LogP contribution in [0.4, 0.5) is 0 Å². The number of ether oxygens (including phenoxy) is 15. The van der Waals surface area contributed by atoms with E-state index in [-0.39, 0.29) is 146 Å². The highest BCUT2D eigenvalue weighted by Crippen LogP contribution is 2.58. The molecule has 16 rings (SSSR count). The minimum atomic E-state index is -1.02. The zero-order chi connectivity index (χ0) is 54.0. The van der Waals surface area contributed by atoms with Crippen LogP contribution >= 0.6 is 0 Å². The van der Waals surface area contributed by atoms with Crippen molar-refractivity contribution in [1.82, 2.24) is 0 Å². The number of hydrogen-bond acceptors (Lipinski definition) is 19. The molecule has 16 aliphatic heterocycles. The fourth-order valence-electron chi connectivity index (χ4n) is 18.2. The molecule has 3 spiro atoms. The molecule has 0 aromatic carbocycles. The first-order chi connectivity index (χ1) is 38.0. The van der Waals surface area contributed by atoms with Crippen LogP contribution in [-0.4, -0.2) is 198 Å². The molecule has 0 radical (unpaired) electrons. The maximum Gasteiger partial charge on any atom is 0.308 e. The van der Waals surface area contributed by atoms with Crippen LogP contribution < -0.4 is 0 Å². The van der Waals surface area contributed by atoms with Gasteiger partial charge in [0.2, 0.25) is 0 Å². The second-order valence-corrected chi connectivity index (χ2v) is 27.5. The zero-order valence-electron chi connectivity index (χ0n) is 46.5. The number of carbonyl (C=O) groups is 1. The maximum absolute atomic E-state index is 14.6. The quantitative estimate of drug-likeness (QED) is 0.251. The van der Waals surface area contributed by atoms with E-state index in [1.165, 1.54) is 0 Å². The first-order valence-corrected chi connectivity index (χ1v) is 30.8. The molecule has 2 unspecified atom stereocenters. The van der Waals surface area contributed by atoms with E-state index in [1.807, 2.05) is 0 Å². The minimum absolute atomic E-state index is 0.0143. The van der Waals surface area contributed by atoms with Crippen molar-refractivity contribution in [2.75, 3.05) is 6.61 Å². The monoisotopic (exact) mass is 1110 g/mol. The average Bonchev–Trinajstić information content (AvgIpc) is 4.46. The van der Waals surface area contributed by atoms with Crippen molar-refractivity contribution in [2.24, 2.45) is 23.7 Å². The predicted octanol–water partition coefficient (Wildman–Crippen LogP) is 4.93. The number of fused-ring (bicyclic) bond motifs is 10. The Bertz CT molecular complexity index is 2340. The number of carbonyl (C=O) groups excluding carboxylic acids is 1.